The Hall–Kier alpha value is -3.66. The first-order chi connectivity index (χ1) is 16.5. The molecule has 9 nitrogen and oxygen atoms in total. The maximum absolute atomic E-state index is 15.0. The van der Waals surface area contributed by atoms with Crippen molar-refractivity contribution in [3.05, 3.63) is 48.5 Å². The van der Waals surface area contributed by atoms with Crippen LogP contribution in [0.15, 0.2) is 42.7 Å². The van der Waals surface area contributed by atoms with Crippen molar-refractivity contribution in [1.82, 2.24) is 35.1 Å². The van der Waals surface area contributed by atoms with E-state index in [1.54, 1.807) is 28.9 Å². The van der Waals surface area contributed by atoms with E-state index < -0.39 is 17.8 Å². The van der Waals surface area contributed by atoms with E-state index in [9.17, 15) is 5.11 Å². The summed E-state index contributed by atoms with van der Waals surface area (Å²) in [5.74, 6) is 0.868. The van der Waals surface area contributed by atoms with Crippen LogP contribution >= 0.6 is 0 Å². The Bertz CT molecular complexity index is 1380. The molecule has 1 aliphatic rings. The van der Waals surface area contributed by atoms with Crippen LogP contribution in [-0.2, 0) is 0 Å². The number of hydrogen-bond donors (Lipinski definition) is 2. The molecule has 10 heteroatoms. The van der Waals surface area contributed by atoms with Crippen LogP contribution in [-0.4, -0.2) is 58.2 Å². The predicted molar refractivity (Wildman–Crippen MR) is 129 cm³/mol. The molecule has 0 aromatic carbocycles. The number of halogens is 1. The van der Waals surface area contributed by atoms with Crippen molar-refractivity contribution in [2.24, 2.45) is 0 Å². The molecule has 182 valence electrons. The first-order valence-electron chi connectivity index (χ1n) is 11.5. The summed E-state index contributed by atoms with van der Waals surface area (Å²) in [5, 5.41) is 26.6. The average Bonchev–Trinajstić information content (AvgIpc) is 3.16. The molecule has 0 saturated carbocycles. The van der Waals surface area contributed by atoms with E-state index in [0.717, 1.165) is 16.8 Å². The number of aromatic hydroxyl groups is 1. The standard InChI is InChI=1S/C25H28FN7O2/c1-14-28-20-8-6-15(13-33(20)31-14)16-10-18(34)22(27-12-16)17-7-9-21(30-29-17)35-19-11-24(2,3)32-25(4,5)23(19)26/h6-10,12-13,19,23,32,34H,11H2,1-5H3/t19-,23-/m0/s1. The van der Waals surface area contributed by atoms with E-state index in [0.29, 0.717) is 17.9 Å². The average molecular weight is 478 g/mol. The second-order valence-corrected chi connectivity index (χ2v) is 10.2. The van der Waals surface area contributed by atoms with Crippen molar-refractivity contribution >= 4 is 5.65 Å². The molecular weight excluding hydrogens is 449 g/mol. The van der Waals surface area contributed by atoms with Crippen LogP contribution in [0.3, 0.4) is 0 Å². The van der Waals surface area contributed by atoms with Crippen molar-refractivity contribution in [2.45, 2.75) is 64.4 Å². The molecule has 4 aromatic heterocycles. The van der Waals surface area contributed by atoms with Gasteiger partial charge in [-0.25, -0.2) is 18.9 Å². The van der Waals surface area contributed by atoms with Gasteiger partial charge in [-0.1, -0.05) is 0 Å². The number of pyridine rings is 2. The Kier molecular flexibility index (Phi) is 5.43. The number of nitrogens with zero attached hydrogens (tertiary/aromatic N) is 6. The van der Waals surface area contributed by atoms with Crippen LogP contribution in [0, 0.1) is 6.92 Å². The maximum Gasteiger partial charge on any atom is 0.233 e. The number of alkyl halides is 1. The Morgan fingerprint density at radius 2 is 1.91 bits per heavy atom. The highest BCUT2D eigenvalue weighted by molar-refractivity contribution is 5.70. The van der Waals surface area contributed by atoms with Crippen molar-refractivity contribution in [3.8, 4) is 34.1 Å². The van der Waals surface area contributed by atoms with Gasteiger partial charge in [0.05, 0.1) is 0 Å². The molecule has 0 unspecified atom stereocenters. The molecule has 0 radical (unpaired) electrons. The van der Waals surface area contributed by atoms with Crippen molar-refractivity contribution in [3.63, 3.8) is 0 Å². The normalized spacial score (nSPS) is 21.2. The topological polar surface area (TPSA) is 110 Å². The number of aryl methyl sites for hydroxylation is 1. The first-order valence-corrected chi connectivity index (χ1v) is 11.5. The lowest BCUT2D eigenvalue weighted by molar-refractivity contribution is -0.0281. The number of fused-ring (bicyclic) bond motifs is 1. The number of nitrogens with one attached hydrogen (secondary N) is 1. The van der Waals surface area contributed by atoms with E-state index in [1.165, 1.54) is 0 Å². The molecule has 0 amide bonds. The third kappa shape index (κ3) is 4.53. The Labute approximate surface area is 202 Å². The minimum atomic E-state index is -1.21. The quantitative estimate of drug-likeness (QED) is 0.455. The van der Waals surface area contributed by atoms with Crippen LogP contribution in [0.25, 0.3) is 28.2 Å². The van der Waals surface area contributed by atoms with Gasteiger partial charge in [0.25, 0.3) is 0 Å². The highest BCUT2D eigenvalue weighted by atomic mass is 19.1. The second-order valence-electron chi connectivity index (χ2n) is 10.2. The summed E-state index contributed by atoms with van der Waals surface area (Å²) < 4.78 is 22.6. The molecule has 0 bridgehead atoms. The van der Waals surface area contributed by atoms with E-state index in [-0.39, 0.29) is 22.9 Å². The fourth-order valence-corrected chi connectivity index (χ4v) is 4.80. The van der Waals surface area contributed by atoms with E-state index in [1.807, 2.05) is 52.9 Å². The third-order valence-electron chi connectivity index (χ3n) is 6.18. The SMILES string of the molecule is Cc1nc2ccc(-c3cnc(-c4ccc(O[C@H]5CC(C)(C)NC(C)(C)[C@H]5F)nn4)c(O)c3)cn2n1. The Morgan fingerprint density at radius 3 is 2.63 bits per heavy atom. The summed E-state index contributed by atoms with van der Waals surface area (Å²) in [5.41, 5.74) is 1.96. The van der Waals surface area contributed by atoms with Crippen LogP contribution < -0.4 is 10.1 Å². The van der Waals surface area contributed by atoms with Gasteiger partial charge in [0.15, 0.2) is 11.8 Å². The lowest BCUT2D eigenvalue weighted by Crippen LogP contribution is -2.66. The summed E-state index contributed by atoms with van der Waals surface area (Å²) >= 11 is 0. The van der Waals surface area contributed by atoms with Gasteiger partial charge in [-0.05, 0) is 58.9 Å². The summed E-state index contributed by atoms with van der Waals surface area (Å²) in [4.78, 5) is 8.72. The summed E-state index contributed by atoms with van der Waals surface area (Å²) in [7, 11) is 0. The molecule has 1 fully saturated rings. The number of aromatic nitrogens is 6. The smallest absolute Gasteiger partial charge is 0.233 e. The molecule has 2 atom stereocenters. The Balaban J connectivity index is 1.35. The fourth-order valence-electron chi connectivity index (χ4n) is 4.80. The van der Waals surface area contributed by atoms with Crippen LogP contribution in [0.4, 0.5) is 4.39 Å². The molecule has 0 aliphatic carbocycles. The monoisotopic (exact) mass is 477 g/mol. The molecule has 5 rings (SSSR count). The number of rotatable bonds is 4. The molecule has 0 spiro atoms. The van der Waals surface area contributed by atoms with Gasteiger partial charge in [-0.15, -0.1) is 10.2 Å². The predicted octanol–water partition coefficient (Wildman–Crippen LogP) is 3.90. The molecule has 4 aromatic rings. The van der Waals surface area contributed by atoms with Gasteiger partial charge in [0.1, 0.15) is 29.1 Å². The summed E-state index contributed by atoms with van der Waals surface area (Å²) in [6.45, 7) is 9.53. The van der Waals surface area contributed by atoms with Gasteiger partial charge in [0.2, 0.25) is 5.88 Å². The zero-order valence-electron chi connectivity index (χ0n) is 20.3. The summed E-state index contributed by atoms with van der Waals surface area (Å²) in [6, 6.07) is 8.64. The minimum absolute atomic E-state index is 0.0361. The molecule has 5 heterocycles. The van der Waals surface area contributed by atoms with Crippen LogP contribution in [0.2, 0.25) is 0 Å². The lowest BCUT2D eigenvalue weighted by atomic mass is 9.79. The maximum atomic E-state index is 15.0. The molecule has 1 aliphatic heterocycles. The van der Waals surface area contributed by atoms with Crippen molar-refractivity contribution in [2.75, 3.05) is 0 Å². The number of ether oxygens (including phenoxy) is 1. The van der Waals surface area contributed by atoms with Gasteiger partial charge in [-0.2, -0.15) is 5.10 Å². The van der Waals surface area contributed by atoms with E-state index >= 15 is 4.39 Å². The van der Waals surface area contributed by atoms with Gasteiger partial charge in [0, 0.05) is 47.1 Å². The molecule has 1 saturated heterocycles. The lowest BCUT2D eigenvalue weighted by Gasteiger charge is -2.48. The van der Waals surface area contributed by atoms with Crippen molar-refractivity contribution in [1.29, 1.82) is 0 Å². The number of piperidine rings is 1. The van der Waals surface area contributed by atoms with Crippen LogP contribution in [0.1, 0.15) is 39.9 Å². The molecule has 2 N–H and O–H groups in total. The zero-order valence-corrected chi connectivity index (χ0v) is 20.3. The first kappa shape index (κ1) is 23.1. The van der Waals surface area contributed by atoms with E-state index in [4.69, 9.17) is 4.74 Å². The second kappa shape index (κ2) is 8.23. The fraction of sp³-hybridized carbons (Fsp3) is 0.400. The van der Waals surface area contributed by atoms with Crippen molar-refractivity contribution < 1.29 is 14.2 Å². The summed E-state index contributed by atoms with van der Waals surface area (Å²) in [6.07, 6.45) is 2.11. The van der Waals surface area contributed by atoms with Gasteiger partial charge in [-0.3, -0.25) is 0 Å². The highest BCUT2D eigenvalue weighted by Crippen LogP contribution is 2.34. The zero-order chi connectivity index (χ0) is 25.0. The van der Waals surface area contributed by atoms with Gasteiger partial charge >= 0.3 is 0 Å². The molecular formula is C25H28FN7O2. The Morgan fingerprint density at radius 1 is 1.11 bits per heavy atom. The third-order valence-corrected chi connectivity index (χ3v) is 6.18. The molecule has 35 heavy (non-hydrogen) atoms. The minimum Gasteiger partial charge on any atom is -0.506 e. The van der Waals surface area contributed by atoms with Crippen LogP contribution in [0.5, 0.6) is 11.6 Å². The van der Waals surface area contributed by atoms with Gasteiger partial charge < -0.3 is 15.2 Å². The largest absolute Gasteiger partial charge is 0.506 e. The number of hydrogen-bond acceptors (Lipinski definition) is 8. The highest BCUT2D eigenvalue weighted by Gasteiger charge is 2.47. The van der Waals surface area contributed by atoms with E-state index in [2.05, 4.69) is 30.6 Å².